The van der Waals surface area contributed by atoms with E-state index in [-0.39, 0.29) is 17.1 Å². The van der Waals surface area contributed by atoms with Crippen LogP contribution in [0.2, 0.25) is 0 Å². The third kappa shape index (κ3) is 8.73. The molecule has 164 valence electrons. The average molecular weight is 419 g/mol. The minimum absolute atomic E-state index is 0.00914. The predicted molar refractivity (Wildman–Crippen MR) is 123 cm³/mol. The fourth-order valence-corrected chi connectivity index (χ4v) is 2.23. The maximum atomic E-state index is 14.5. The molecule has 0 saturated carbocycles. The molecule has 1 nitrogen and oxygen atoms in total. The Balaban J connectivity index is 5.14. The van der Waals surface area contributed by atoms with Gasteiger partial charge in [0.1, 0.15) is 11.6 Å². The minimum Gasteiger partial charge on any atom is -0.494 e. The fourth-order valence-electron chi connectivity index (χ4n) is 2.23. The lowest BCUT2D eigenvalue weighted by atomic mass is 9.92. The summed E-state index contributed by atoms with van der Waals surface area (Å²) in [5.74, 6) is -2.84. The Morgan fingerprint density at radius 2 is 1.33 bits per heavy atom. The summed E-state index contributed by atoms with van der Waals surface area (Å²) in [6.07, 6.45) is 5.96. The number of hydrogen-bond donors (Lipinski definition) is 0. The summed E-state index contributed by atoms with van der Waals surface area (Å²) in [7, 11) is 1.18. The quantitative estimate of drug-likeness (QED) is 0.215. The highest BCUT2D eigenvalue weighted by Crippen LogP contribution is 2.28. The first-order chi connectivity index (χ1) is 13.8. The molecule has 0 aromatic heterocycles. The van der Waals surface area contributed by atoms with E-state index in [0.29, 0.717) is 22.6 Å². The predicted octanol–water partition coefficient (Wildman–Crippen LogP) is 8.56. The smallest absolute Gasteiger partial charge is 0.200 e. The molecule has 0 spiro atoms. The largest absolute Gasteiger partial charge is 0.494 e. The van der Waals surface area contributed by atoms with Crippen LogP contribution in [0.5, 0.6) is 0 Å². The molecule has 0 heterocycles. The van der Waals surface area contributed by atoms with E-state index < -0.39 is 23.2 Å². The van der Waals surface area contributed by atoms with E-state index in [1.54, 1.807) is 0 Å². The molecule has 1 unspecified atom stereocenters. The highest BCUT2D eigenvalue weighted by atomic mass is 19.2. The Morgan fingerprint density at radius 1 is 0.800 bits per heavy atom. The molecule has 0 aliphatic carbocycles. The van der Waals surface area contributed by atoms with Crippen LogP contribution in [-0.4, -0.2) is 7.11 Å². The van der Waals surface area contributed by atoms with E-state index in [2.05, 4.69) is 58.1 Å². The van der Waals surface area contributed by atoms with Crippen LogP contribution in [0.3, 0.4) is 0 Å². The van der Waals surface area contributed by atoms with Gasteiger partial charge < -0.3 is 4.74 Å². The van der Waals surface area contributed by atoms with Gasteiger partial charge in [0, 0.05) is 5.57 Å². The van der Waals surface area contributed by atoms with Gasteiger partial charge in [-0.05, 0) is 46.6 Å². The number of ether oxygens (including phenoxy) is 1. The highest BCUT2D eigenvalue weighted by molar-refractivity contribution is 5.52. The summed E-state index contributed by atoms with van der Waals surface area (Å²) in [6, 6.07) is 0. The van der Waals surface area contributed by atoms with Gasteiger partial charge in [-0.1, -0.05) is 78.8 Å². The van der Waals surface area contributed by atoms with Crippen molar-refractivity contribution in [3.05, 3.63) is 109 Å². The molecule has 0 aromatic carbocycles. The molecule has 0 fully saturated rings. The van der Waals surface area contributed by atoms with Crippen LogP contribution in [0.25, 0.3) is 0 Å². The number of rotatable bonds is 13. The summed E-state index contributed by atoms with van der Waals surface area (Å²) < 4.78 is 46.9. The summed E-state index contributed by atoms with van der Waals surface area (Å²) in [5.41, 5.74) is 0.959. The number of methoxy groups -OCH3 is 1. The van der Waals surface area contributed by atoms with Gasteiger partial charge in [-0.3, -0.25) is 0 Å². The lowest BCUT2D eigenvalue weighted by molar-refractivity contribution is 0.281. The molecule has 0 rings (SSSR count). The number of hydrogen-bond acceptors (Lipinski definition) is 1. The fraction of sp³-hybridized carbons (Fsp3) is 0.308. The normalized spacial score (nSPS) is 13.7. The van der Waals surface area contributed by atoms with E-state index in [1.165, 1.54) is 25.3 Å². The van der Waals surface area contributed by atoms with E-state index >= 15 is 0 Å². The zero-order valence-electron chi connectivity index (χ0n) is 18.6. The van der Waals surface area contributed by atoms with Gasteiger partial charge in [-0.25, -0.2) is 8.78 Å². The molecular weight excluding hydrogens is 385 g/mol. The minimum atomic E-state index is -1.25. The second-order valence-electron chi connectivity index (χ2n) is 7.53. The maximum Gasteiger partial charge on any atom is 0.200 e. The molecule has 30 heavy (non-hydrogen) atoms. The Kier molecular flexibility index (Phi) is 11.6. The van der Waals surface area contributed by atoms with Crippen LogP contribution < -0.4 is 0 Å². The van der Waals surface area contributed by atoms with Crippen molar-refractivity contribution in [2.75, 3.05) is 7.11 Å². The topological polar surface area (TPSA) is 9.23 Å². The first-order valence-electron chi connectivity index (χ1n) is 9.63. The number of halogens is 3. The molecule has 0 saturated heterocycles. The van der Waals surface area contributed by atoms with Crippen LogP contribution in [0, 0.1) is 11.8 Å². The monoisotopic (exact) mass is 418 g/mol. The zero-order chi connectivity index (χ0) is 23.6. The van der Waals surface area contributed by atoms with Gasteiger partial charge in [-0.15, -0.1) is 0 Å². The Hall–Kier alpha value is -2.75. The van der Waals surface area contributed by atoms with E-state index in [1.807, 2.05) is 6.92 Å². The van der Waals surface area contributed by atoms with Crippen molar-refractivity contribution in [3.63, 3.8) is 0 Å². The lowest BCUT2D eigenvalue weighted by Crippen LogP contribution is -2.02. The number of allylic oxidation sites excluding steroid dienone is 11. The Bertz CT molecular complexity index is 819. The van der Waals surface area contributed by atoms with Crippen molar-refractivity contribution in [1.82, 2.24) is 0 Å². The zero-order valence-corrected chi connectivity index (χ0v) is 18.6. The van der Waals surface area contributed by atoms with Crippen molar-refractivity contribution in [3.8, 4) is 0 Å². The average Bonchev–Trinajstić information content (AvgIpc) is 2.72. The second-order valence-corrected chi connectivity index (χ2v) is 7.53. The molecule has 0 bridgehead atoms. The summed E-state index contributed by atoms with van der Waals surface area (Å²) in [4.78, 5) is 0. The lowest BCUT2D eigenvalue weighted by Gasteiger charge is -2.15. The van der Waals surface area contributed by atoms with Crippen molar-refractivity contribution in [1.29, 1.82) is 0 Å². The third-order valence-corrected chi connectivity index (χ3v) is 4.61. The third-order valence-electron chi connectivity index (χ3n) is 4.61. The van der Waals surface area contributed by atoms with Crippen LogP contribution in [-0.2, 0) is 4.74 Å². The summed E-state index contributed by atoms with van der Waals surface area (Å²) in [6.45, 7) is 28.0. The van der Waals surface area contributed by atoms with Gasteiger partial charge in [-0.2, -0.15) is 4.39 Å². The van der Waals surface area contributed by atoms with Gasteiger partial charge in [0.05, 0.1) is 7.11 Å². The molecule has 0 N–H and O–H groups in total. The first kappa shape index (κ1) is 27.2. The van der Waals surface area contributed by atoms with Crippen molar-refractivity contribution >= 4 is 0 Å². The van der Waals surface area contributed by atoms with E-state index in [0.717, 1.165) is 12.8 Å². The molecule has 0 aliphatic rings. The SMILES string of the molecule is C=C(/C=C\C(=C)C(=C)/C(F)=C(/F)C(=C)OC)C(=C)/C=C(/F)C(=C)C(C)CCC(C)C. The standard InChI is InChI=1S/C26H33F3O/c1-16(2)11-12-18(4)21(7)24(27)15-20(6)17(3)13-14-19(5)22(8)25(28)26(29)23(9)30-10/h13-16,18H,3,5-9,11-12H2,1-2,4,10H3/b14-13-,24-15+,26-25-. The maximum absolute atomic E-state index is 14.5. The van der Waals surface area contributed by atoms with Crippen molar-refractivity contribution in [2.45, 2.75) is 33.6 Å². The van der Waals surface area contributed by atoms with Gasteiger partial charge >= 0.3 is 0 Å². The molecule has 0 aliphatic heterocycles. The molecule has 4 heteroatoms. The highest BCUT2D eigenvalue weighted by Gasteiger charge is 2.15. The molecule has 0 amide bonds. The summed E-state index contributed by atoms with van der Waals surface area (Å²) >= 11 is 0. The van der Waals surface area contributed by atoms with E-state index in [4.69, 9.17) is 0 Å². The van der Waals surface area contributed by atoms with Crippen molar-refractivity contribution in [2.24, 2.45) is 11.8 Å². The molecule has 1 atom stereocenters. The molecule has 0 aromatic rings. The van der Waals surface area contributed by atoms with Gasteiger partial charge in [0.15, 0.2) is 5.83 Å². The Morgan fingerprint density at radius 3 is 1.83 bits per heavy atom. The van der Waals surface area contributed by atoms with Crippen LogP contribution in [0.1, 0.15) is 33.6 Å². The van der Waals surface area contributed by atoms with Gasteiger partial charge in [0.25, 0.3) is 0 Å². The summed E-state index contributed by atoms with van der Waals surface area (Å²) in [5, 5.41) is 0. The molecule has 0 radical (unpaired) electrons. The Labute approximate surface area is 179 Å². The van der Waals surface area contributed by atoms with Crippen LogP contribution in [0.4, 0.5) is 13.2 Å². The van der Waals surface area contributed by atoms with E-state index in [9.17, 15) is 13.2 Å². The first-order valence-corrected chi connectivity index (χ1v) is 9.63. The van der Waals surface area contributed by atoms with Crippen LogP contribution >= 0.6 is 0 Å². The van der Waals surface area contributed by atoms with Crippen LogP contribution in [0.15, 0.2) is 109 Å². The van der Waals surface area contributed by atoms with Crippen molar-refractivity contribution < 1.29 is 17.9 Å². The molecular formula is C26H33F3O. The second kappa shape index (κ2) is 12.7. The van der Waals surface area contributed by atoms with Gasteiger partial charge in [0.2, 0.25) is 5.83 Å².